The smallest absolute Gasteiger partial charge is 0.222 e. The second kappa shape index (κ2) is 8.76. The summed E-state index contributed by atoms with van der Waals surface area (Å²) < 4.78 is 35.3. The highest BCUT2D eigenvalue weighted by molar-refractivity contribution is 7.69. The molecule has 2 aromatic rings. The highest BCUT2D eigenvalue weighted by Gasteiger charge is 1.97. The van der Waals surface area contributed by atoms with E-state index in [-0.39, 0.29) is 0 Å². The Bertz CT molecular complexity index is 542. The Morgan fingerprint density at radius 3 is 1.60 bits per heavy atom. The molecule has 0 unspecified atom stereocenters. The first-order chi connectivity index (χ1) is 9.45. The number of rotatable bonds is 2. The van der Waals surface area contributed by atoms with Crippen LogP contribution in [0, 0.1) is 14.8 Å². The van der Waals surface area contributed by atoms with Gasteiger partial charge in [0.1, 0.15) is 0 Å². The van der Waals surface area contributed by atoms with Crippen LogP contribution in [-0.4, -0.2) is 0 Å². The molecule has 0 heterocycles. The van der Waals surface area contributed by atoms with Crippen molar-refractivity contribution in [3.63, 3.8) is 0 Å². The summed E-state index contributed by atoms with van der Waals surface area (Å²) in [5, 5.41) is 0. The third-order valence-corrected chi connectivity index (χ3v) is 3.19. The van der Waals surface area contributed by atoms with Gasteiger partial charge in [0, 0.05) is 17.7 Å². The molecule has 0 aliphatic rings. The molecule has 0 radical (unpaired) electrons. The first-order valence-electron chi connectivity index (χ1n) is 5.62. The molecule has 0 spiro atoms. The fourth-order valence-corrected chi connectivity index (χ4v) is 2.20. The van der Waals surface area contributed by atoms with Gasteiger partial charge in [0.15, 0.2) is 11.4 Å². The molecule has 0 saturated heterocycles. The quantitative estimate of drug-likeness (QED) is 0.511. The molecule has 106 valence electrons. The van der Waals surface area contributed by atoms with Gasteiger partial charge in [-0.15, -0.1) is 10.2 Å². The number of hydrogen-bond acceptors (Lipinski definition) is 4. The second-order valence-electron chi connectivity index (χ2n) is 3.66. The van der Waals surface area contributed by atoms with Gasteiger partial charge in [-0.25, -0.2) is 18.6 Å². The van der Waals surface area contributed by atoms with Crippen molar-refractivity contribution >= 4 is 11.4 Å². The highest BCUT2D eigenvalue weighted by atomic mass is 35.7. The van der Waals surface area contributed by atoms with E-state index < -0.39 is 10.2 Å². The van der Waals surface area contributed by atoms with Gasteiger partial charge < -0.3 is 0 Å². The standard InChI is InChI=1S/C14H13S.ClHO4/c1-2-7-11-14(10-6-1)15-12-13-8-4-3-5-9-13;2-1(3,4)5/h1-11H,12H2;(H,2,3,4,5)/q+1;/p-1. The Labute approximate surface area is 123 Å². The van der Waals surface area contributed by atoms with Crippen LogP contribution >= 0.6 is 0 Å². The first-order valence-corrected chi connectivity index (χ1v) is 7.84. The summed E-state index contributed by atoms with van der Waals surface area (Å²) in [7, 11) is -4.94. The second-order valence-corrected chi connectivity index (χ2v) is 5.46. The third-order valence-electron chi connectivity index (χ3n) is 2.10. The van der Waals surface area contributed by atoms with Crippen molar-refractivity contribution in [2.24, 2.45) is 0 Å². The molecule has 0 N–H and O–H groups in total. The van der Waals surface area contributed by atoms with Crippen molar-refractivity contribution in [1.29, 1.82) is 0 Å². The van der Waals surface area contributed by atoms with E-state index in [1.807, 2.05) is 23.5 Å². The fraction of sp³-hybridized carbons (Fsp3) is 0.0714. The third kappa shape index (κ3) is 9.57. The van der Waals surface area contributed by atoms with E-state index in [1.54, 1.807) is 0 Å². The topological polar surface area (TPSA) is 92.2 Å². The Morgan fingerprint density at radius 2 is 1.10 bits per heavy atom. The van der Waals surface area contributed by atoms with E-state index in [2.05, 4.69) is 54.6 Å². The van der Waals surface area contributed by atoms with Crippen molar-refractivity contribution in [2.45, 2.75) is 5.75 Å². The predicted octanol–water partition coefficient (Wildman–Crippen LogP) is -1.25. The van der Waals surface area contributed by atoms with Gasteiger partial charge in [-0.3, -0.25) is 0 Å². The number of hydrogen-bond donors (Lipinski definition) is 0. The maximum atomic E-state index is 8.49. The van der Waals surface area contributed by atoms with Crippen LogP contribution in [0.15, 0.2) is 66.7 Å². The lowest BCUT2D eigenvalue weighted by Crippen LogP contribution is -2.68. The predicted molar refractivity (Wildman–Crippen MR) is 67.2 cm³/mol. The zero-order chi connectivity index (χ0) is 14.8. The summed E-state index contributed by atoms with van der Waals surface area (Å²) in [4.78, 5) is 0. The minimum Gasteiger partial charge on any atom is -0.222 e. The van der Waals surface area contributed by atoms with E-state index in [4.69, 9.17) is 18.6 Å². The van der Waals surface area contributed by atoms with Crippen LogP contribution in [-0.2, 0) is 17.1 Å². The molecule has 0 aliphatic carbocycles. The zero-order valence-corrected chi connectivity index (χ0v) is 12.0. The molecule has 2 rings (SSSR count). The molecule has 6 heteroatoms. The van der Waals surface area contributed by atoms with Gasteiger partial charge in [-0.2, -0.15) is 0 Å². The summed E-state index contributed by atoms with van der Waals surface area (Å²) in [6.45, 7) is 0. The van der Waals surface area contributed by atoms with Crippen LogP contribution < -0.4 is 18.6 Å². The summed E-state index contributed by atoms with van der Waals surface area (Å²) in [5.41, 5.74) is 1.37. The van der Waals surface area contributed by atoms with Crippen molar-refractivity contribution in [1.82, 2.24) is 0 Å². The monoisotopic (exact) mass is 312 g/mol. The lowest BCUT2D eigenvalue weighted by molar-refractivity contribution is -2.00. The molecule has 2 aromatic carbocycles. The normalized spacial score (nSPS) is 10.2. The van der Waals surface area contributed by atoms with E-state index in [1.165, 1.54) is 10.1 Å². The van der Waals surface area contributed by atoms with Crippen molar-refractivity contribution in [3.8, 4) is 0 Å². The molecule has 4 nitrogen and oxygen atoms in total. The summed E-state index contributed by atoms with van der Waals surface area (Å²) >= 11 is 1.87. The molecule has 0 saturated carbocycles. The van der Waals surface area contributed by atoms with Gasteiger partial charge in [0.05, 0.1) is 0 Å². The van der Waals surface area contributed by atoms with Gasteiger partial charge in [-0.05, 0) is 0 Å². The van der Waals surface area contributed by atoms with Crippen molar-refractivity contribution in [2.75, 3.05) is 0 Å². The average Bonchev–Trinajstić information content (AvgIpc) is 2.64. The van der Waals surface area contributed by atoms with Crippen LogP contribution in [0.2, 0.25) is 0 Å². The van der Waals surface area contributed by atoms with E-state index in [0.717, 1.165) is 5.75 Å². The summed E-state index contributed by atoms with van der Waals surface area (Å²) in [6, 6.07) is 23.1. The Balaban J connectivity index is 0.000000347. The van der Waals surface area contributed by atoms with Crippen LogP contribution in [0.25, 0.3) is 0 Å². The van der Waals surface area contributed by atoms with E-state index >= 15 is 0 Å². The average molecular weight is 313 g/mol. The largest absolute Gasteiger partial charge is 0.224 e. The molecular weight excluding hydrogens is 300 g/mol. The Kier molecular flexibility index (Phi) is 7.32. The lowest BCUT2D eigenvalue weighted by atomic mass is 10.2. The van der Waals surface area contributed by atoms with Crippen molar-refractivity contribution < 1.29 is 28.9 Å². The lowest BCUT2D eigenvalue weighted by Gasteiger charge is -2.17. The molecule has 20 heavy (non-hydrogen) atoms. The van der Waals surface area contributed by atoms with Gasteiger partial charge >= 0.3 is 0 Å². The maximum absolute atomic E-state index is 8.49. The van der Waals surface area contributed by atoms with Crippen LogP contribution in [0.5, 0.6) is 0 Å². The minimum atomic E-state index is -4.94. The van der Waals surface area contributed by atoms with Gasteiger partial charge in [-0.1, -0.05) is 54.6 Å². The molecule has 0 fully saturated rings. The van der Waals surface area contributed by atoms with E-state index in [0.29, 0.717) is 0 Å². The minimum absolute atomic E-state index is 1.03. The SMILES string of the molecule is [O-][Cl+3]([O-])([O-])[O-].c1ccc(C[S+]=c2cccccc2)cc1. The maximum Gasteiger partial charge on any atom is 0.224 e. The van der Waals surface area contributed by atoms with E-state index in [9.17, 15) is 0 Å². The molecule has 0 atom stereocenters. The van der Waals surface area contributed by atoms with Crippen LogP contribution in [0.3, 0.4) is 0 Å². The Morgan fingerprint density at radius 1 is 0.700 bits per heavy atom. The number of benzene rings is 1. The Hall–Kier alpha value is -1.34. The van der Waals surface area contributed by atoms with Crippen LogP contribution in [0.1, 0.15) is 5.56 Å². The summed E-state index contributed by atoms with van der Waals surface area (Å²) in [5.74, 6) is 1.03. The molecular formula is C14H13ClO4S. The zero-order valence-electron chi connectivity index (χ0n) is 10.5. The molecule has 0 aromatic heterocycles. The van der Waals surface area contributed by atoms with Gasteiger partial charge in [0.25, 0.3) is 0 Å². The highest BCUT2D eigenvalue weighted by Crippen LogP contribution is 1.99. The summed E-state index contributed by atoms with van der Waals surface area (Å²) in [6.07, 6.45) is 0. The van der Waals surface area contributed by atoms with Crippen molar-refractivity contribution in [3.05, 3.63) is 76.8 Å². The molecule has 0 aliphatic heterocycles. The van der Waals surface area contributed by atoms with Gasteiger partial charge in [0.2, 0.25) is 10.3 Å². The molecule has 0 bridgehead atoms. The first kappa shape index (κ1) is 16.7. The number of halogens is 1. The fourth-order valence-electron chi connectivity index (χ4n) is 1.32. The van der Waals surface area contributed by atoms with Crippen LogP contribution in [0.4, 0.5) is 0 Å². The molecule has 0 amide bonds.